The molecule has 19 heavy (non-hydrogen) atoms. The number of nitrogens with zero attached hydrogens (tertiary/aromatic N) is 1. The molecule has 0 aromatic heterocycles. The van der Waals surface area contributed by atoms with Gasteiger partial charge in [0.1, 0.15) is 0 Å². The zero-order valence-electron chi connectivity index (χ0n) is 12.5. The highest BCUT2D eigenvalue weighted by Crippen LogP contribution is 2.37. The molecule has 0 aromatic rings. The Kier molecular flexibility index (Phi) is 4.16. The summed E-state index contributed by atoms with van der Waals surface area (Å²) in [6.07, 6.45) is 12.2. The number of hydrogen-bond acceptors (Lipinski definition) is 3. The van der Waals surface area contributed by atoms with Gasteiger partial charge >= 0.3 is 0 Å². The normalized spacial score (nSPS) is 30.8. The van der Waals surface area contributed by atoms with Crippen LogP contribution in [0, 0.1) is 0 Å². The first-order valence-corrected chi connectivity index (χ1v) is 8.29. The molecule has 3 fully saturated rings. The second kappa shape index (κ2) is 5.71. The molecule has 0 bridgehead atoms. The Balaban J connectivity index is 1.64. The first-order chi connectivity index (χ1) is 9.26. The molecule has 2 saturated carbocycles. The fraction of sp³-hybridized carbons (Fsp3) is 1.00. The molecule has 1 heterocycles. The van der Waals surface area contributed by atoms with Gasteiger partial charge in [-0.3, -0.25) is 4.90 Å². The van der Waals surface area contributed by atoms with E-state index in [1.807, 2.05) is 7.11 Å². The molecular weight excluding hydrogens is 236 g/mol. The van der Waals surface area contributed by atoms with Gasteiger partial charge in [0, 0.05) is 25.7 Å². The van der Waals surface area contributed by atoms with Crippen molar-refractivity contribution >= 4 is 0 Å². The van der Waals surface area contributed by atoms with Crippen LogP contribution in [0.1, 0.15) is 57.8 Å². The summed E-state index contributed by atoms with van der Waals surface area (Å²) in [6, 6.07) is 0. The van der Waals surface area contributed by atoms with Crippen molar-refractivity contribution in [2.75, 3.05) is 33.3 Å². The van der Waals surface area contributed by atoms with E-state index in [2.05, 4.69) is 10.2 Å². The highest BCUT2D eigenvalue weighted by atomic mass is 16.5. The molecule has 3 nitrogen and oxygen atoms in total. The van der Waals surface area contributed by atoms with Crippen LogP contribution in [0.15, 0.2) is 0 Å². The van der Waals surface area contributed by atoms with Crippen LogP contribution in [0.3, 0.4) is 0 Å². The number of ether oxygens (including phenoxy) is 1. The van der Waals surface area contributed by atoms with Crippen molar-refractivity contribution in [1.29, 1.82) is 0 Å². The summed E-state index contributed by atoms with van der Waals surface area (Å²) in [5, 5.41) is 3.88. The number of hydrogen-bond donors (Lipinski definition) is 1. The van der Waals surface area contributed by atoms with Crippen molar-refractivity contribution in [3.63, 3.8) is 0 Å². The van der Waals surface area contributed by atoms with Gasteiger partial charge in [0.25, 0.3) is 0 Å². The van der Waals surface area contributed by atoms with Crippen molar-refractivity contribution in [3.8, 4) is 0 Å². The Morgan fingerprint density at radius 3 is 2.42 bits per heavy atom. The molecule has 1 N–H and O–H groups in total. The van der Waals surface area contributed by atoms with Crippen LogP contribution in [0.25, 0.3) is 0 Å². The Morgan fingerprint density at radius 1 is 1.00 bits per heavy atom. The minimum atomic E-state index is 0.195. The SMILES string of the molecule is COC1(CN2CCCNC3(CCCCC3)C2)CCC1. The quantitative estimate of drug-likeness (QED) is 0.849. The van der Waals surface area contributed by atoms with Gasteiger partial charge in [-0.1, -0.05) is 19.3 Å². The van der Waals surface area contributed by atoms with E-state index < -0.39 is 0 Å². The van der Waals surface area contributed by atoms with Gasteiger partial charge in [-0.15, -0.1) is 0 Å². The van der Waals surface area contributed by atoms with Crippen LogP contribution in [0.2, 0.25) is 0 Å². The predicted octanol–water partition coefficient (Wildman–Crippen LogP) is 2.55. The largest absolute Gasteiger partial charge is 0.377 e. The highest BCUT2D eigenvalue weighted by molar-refractivity contribution is 4.99. The fourth-order valence-electron chi connectivity index (χ4n) is 4.32. The third-order valence-corrected chi connectivity index (χ3v) is 5.70. The lowest BCUT2D eigenvalue weighted by Gasteiger charge is -2.46. The molecule has 1 aliphatic heterocycles. The Bertz CT molecular complexity index is 290. The topological polar surface area (TPSA) is 24.5 Å². The molecule has 0 amide bonds. The van der Waals surface area contributed by atoms with Crippen LogP contribution in [-0.4, -0.2) is 49.3 Å². The van der Waals surface area contributed by atoms with E-state index in [0.717, 1.165) is 6.54 Å². The lowest BCUT2D eigenvalue weighted by atomic mass is 9.78. The lowest BCUT2D eigenvalue weighted by molar-refractivity contribution is -0.0935. The summed E-state index contributed by atoms with van der Waals surface area (Å²) in [5.74, 6) is 0. The number of nitrogens with one attached hydrogen (secondary N) is 1. The molecule has 3 rings (SSSR count). The van der Waals surface area contributed by atoms with Gasteiger partial charge in [0.2, 0.25) is 0 Å². The second-order valence-corrected chi connectivity index (χ2v) is 7.07. The molecule has 0 aromatic carbocycles. The number of rotatable bonds is 3. The summed E-state index contributed by atoms with van der Waals surface area (Å²) in [5.41, 5.74) is 0.619. The smallest absolute Gasteiger partial charge is 0.0805 e. The van der Waals surface area contributed by atoms with Crippen molar-refractivity contribution in [2.24, 2.45) is 0 Å². The lowest BCUT2D eigenvalue weighted by Crippen LogP contribution is -2.56. The van der Waals surface area contributed by atoms with Gasteiger partial charge in [0.05, 0.1) is 5.60 Å². The van der Waals surface area contributed by atoms with Gasteiger partial charge in [-0.2, -0.15) is 0 Å². The van der Waals surface area contributed by atoms with Crippen LogP contribution in [-0.2, 0) is 4.74 Å². The maximum atomic E-state index is 5.83. The van der Waals surface area contributed by atoms with Crippen LogP contribution in [0.5, 0.6) is 0 Å². The van der Waals surface area contributed by atoms with Crippen LogP contribution in [0.4, 0.5) is 0 Å². The molecule has 110 valence electrons. The zero-order chi connectivity index (χ0) is 13.2. The van der Waals surface area contributed by atoms with Crippen molar-refractivity contribution in [3.05, 3.63) is 0 Å². The molecule has 3 heteroatoms. The zero-order valence-corrected chi connectivity index (χ0v) is 12.5. The molecule has 1 spiro atoms. The second-order valence-electron chi connectivity index (χ2n) is 7.07. The Hall–Kier alpha value is -0.120. The third-order valence-electron chi connectivity index (χ3n) is 5.70. The molecule has 0 atom stereocenters. The monoisotopic (exact) mass is 266 g/mol. The summed E-state index contributed by atoms with van der Waals surface area (Å²) >= 11 is 0. The standard InChI is InChI=1S/C16H30N2O/c1-19-16(9-5-10-16)14-18-12-6-11-17-15(13-18)7-3-2-4-8-15/h17H,2-14H2,1H3. The van der Waals surface area contributed by atoms with Crippen LogP contribution < -0.4 is 5.32 Å². The van der Waals surface area contributed by atoms with Crippen LogP contribution >= 0.6 is 0 Å². The molecular formula is C16H30N2O. The highest BCUT2D eigenvalue weighted by Gasteiger charge is 2.41. The summed E-state index contributed by atoms with van der Waals surface area (Å²) in [4.78, 5) is 2.70. The van der Waals surface area contributed by atoms with E-state index >= 15 is 0 Å². The van der Waals surface area contributed by atoms with E-state index in [1.54, 1.807) is 0 Å². The van der Waals surface area contributed by atoms with E-state index in [0.29, 0.717) is 5.54 Å². The maximum absolute atomic E-state index is 5.83. The fourth-order valence-corrected chi connectivity index (χ4v) is 4.32. The first-order valence-electron chi connectivity index (χ1n) is 8.29. The van der Waals surface area contributed by atoms with Crippen molar-refractivity contribution < 1.29 is 4.74 Å². The minimum absolute atomic E-state index is 0.195. The summed E-state index contributed by atoms with van der Waals surface area (Å²) < 4.78 is 5.83. The van der Waals surface area contributed by atoms with Gasteiger partial charge in [-0.25, -0.2) is 0 Å². The first kappa shape index (κ1) is 13.8. The summed E-state index contributed by atoms with van der Waals surface area (Å²) in [7, 11) is 1.91. The average Bonchev–Trinajstić information content (AvgIpc) is 2.57. The molecule has 1 saturated heterocycles. The minimum Gasteiger partial charge on any atom is -0.377 e. The maximum Gasteiger partial charge on any atom is 0.0805 e. The molecule has 3 aliphatic rings. The van der Waals surface area contributed by atoms with Gasteiger partial charge in [-0.05, 0) is 51.6 Å². The van der Waals surface area contributed by atoms with Crippen molar-refractivity contribution in [1.82, 2.24) is 10.2 Å². The van der Waals surface area contributed by atoms with E-state index in [-0.39, 0.29) is 5.60 Å². The third kappa shape index (κ3) is 2.98. The van der Waals surface area contributed by atoms with E-state index in [1.165, 1.54) is 77.4 Å². The average molecular weight is 266 g/mol. The Labute approximate surface area is 118 Å². The summed E-state index contributed by atoms with van der Waals surface area (Å²) in [6.45, 7) is 4.86. The van der Waals surface area contributed by atoms with Gasteiger partial charge in [0.15, 0.2) is 0 Å². The van der Waals surface area contributed by atoms with E-state index in [9.17, 15) is 0 Å². The Morgan fingerprint density at radius 2 is 1.79 bits per heavy atom. The van der Waals surface area contributed by atoms with Gasteiger partial charge < -0.3 is 10.1 Å². The molecule has 2 aliphatic carbocycles. The molecule has 0 unspecified atom stereocenters. The molecule has 0 radical (unpaired) electrons. The van der Waals surface area contributed by atoms with E-state index in [4.69, 9.17) is 4.74 Å². The number of methoxy groups -OCH3 is 1. The van der Waals surface area contributed by atoms with Crippen molar-refractivity contribution in [2.45, 2.75) is 68.9 Å². The predicted molar refractivity (Wildman–Crippen MR) is 78.5 cm³/mol.